The molecule has 2 aromatic carbocycles. The van der Waals surface area contributed by atoms with Crippen molar-refractivity contribution in [2.75, 3.05) is 26.3 Å². The molecule has 3 unspecified atom stereocenters. The minimum atomic E-state index is -5.08. The molecule has 0 spiro atoms. The molecule has 0 bridgehead atoms. The monoisotopic (exact) mass is 1080 g/mol. The van der Waals surface area contributed by atoms with Crippen LogP contribution in [0.5, 0.6) is 0 Å². The number of nitrogens with zero attached hydrogens (tertiary/aromatic N) is 11. The van der Waals surface area contributed by atoms with Gasteiger partial charge in [0.25, 0.3) is 0 Å². The maximum Gasteiger partial charge on any atom is 0.490 e. The first-order chi connectivity index (χ1) is 34.6. The Labute approximate surface area is 437 Å². The number of halogens is 7. The van der Waals surface area contributed by atoms with Crippen molar-refractivity contribution in [2.45, 2.75) is 90.2 Å². The summed E-state index contributed by atoms with van der Waals surface area (Å²) in [6.45, 7) is 12.5. The first kappa shape index (κ1) is 54.7. The van der Waals surface area contributed by atoms with Gasteiger partial charge in [-0.15, -0.1) is 0 Å². The number of ether oxygens (including phenoxy) is 1. The van der Waals surface area contributed by atoms with Gasteiger partial charge in [-0.3, -0.25) is 9.69 Å². The molecule has 1 aliphatic heterocycles. The smallest absolute Gasteiger partial charge is 0.475 e. The van der Waals surface area contributed by atoms with Gasteiger partial charge in [-0.25, -0.2) is 34.1 Å². The maximum absolute atomic E-state index is 11.8. The van der Waals surface area contributed by atoms with E-state index in [1.165, 1.54) is 0 Å². The molecule has 9 rings (SSSR count). The average molecular weight is 1080 g/mol. The number of carboxylic acid groups (broad SMARTS) is 1. The molecular weight excluding hydrogens is 1030 g/mol. The molecule has 1 saturated heterocycles. The summed E-state index contributed by atoms with van der Waals surface area (Å²) >= 11 is 25.0. The third-order valence-corrected chi connectivity index (χ3v) is 14.1. The van der Waals surface area contributed by atoms with Gasteiger partial charge in [0.1, 0.15) is 34.6 Å². The van der Waals surface area contributed by atoms with Crippen molar-refractivity contribution in [3.8, 4) is 12.1 Å². The van der Waals surface area contributed by atoms with Gasteiger partial charge in [-0.2, -0.15) is 33.9 Å². The molecule has 382 valence electrons. The van der Waals surface area contributed by atoms with Gasteiger partial charge >= 0.3 is 12.1 Å². The predicted octanol–water partition coefficient (Wildman–Crippen LogP) is 10.5. The molecule has 16 nitrogen and oxygen atoms in total. The van der Waals surface area contributed by atoms with Gasteiger partial charge in [-0.1, -0.05) is 91.5 Å². The summed E-state index contributed by atoms with van der Waals surface area (Å²) in [5.74, 6) is -2.20. The first-order valence-corrected chi connectivity index (χ1v) is 24.5. The highest BCUT2D eigenvalue weighted by Crippen LogP contribution is 2.37. The summed E-state index contributed by atoms with van der Waals surface area (Å²) < 4.78 is 40.4. The number of nitriles is 2. The number of allylic oxidation sites excluding steroid dienone is 3. The lowest BCUT2D eigenvalue weighted by atomic mass is 9.83. The lowest BCUT2D eigenvalue weighted by molar-refractivity contribution is -0.192. The van der Waals surface area contributed by atoms with E-state index < -0.39 is 17.7 Å². The number of aliphatic hydroxyl groups is 1. The number of Topliss-reactive ketones (excluding diaryl/α,β-unsaturated/α-hetero) is 1. The van der Waals surface area contributed by atoms with Crippen LogP contribution in [-0.2, 0) is 14.3 Å². The fourth-order valence-corrected chi connectivity index (χ4v) is 10.1. The summed E-state index contributed by atoms with van der Waals surface area (Å²) in [5.41, 5.74) is 6.89. The second-order valence-corrected chi connectivity index (χ2v) is 19.8. The van der Waals surface area contributed by atoms with E-state index in [-0.39, 0.29) is 35.2 Å². The Balaban J connectivity index is 0.000000193. The Bertz CT molecular complexity index is 3230. The van der Waals surface area contributed by atoms with Crippen LogP contribution < -0.4 is 0 Å². The third kappa shape index (κ3) is 12.2. The van der Waals surface area contributed by atoms with Crippen LogP contribution in [0, 0.1) is 34.5 Å². The van der Waals surface area contributed by atoms with Crippen molar-refractivity contribution < 1.29 is 37.7 Å². The van der Waals surface area contributed by atoms with E-state index in [1.54, 1.807) is 46.0 Å². The van der Waals surface area contributed by atoms with Crippen LogP contribution in [0.2, 0.25) is 20.1 Å². The average Bonchev–Trinajstić information content (AvgIpc) is 3.91. The first-order valence-electron chi connectivity index (χ1n) is 23.0. The number of carbonyl (C=O) groups is 2. The normalized spacial score (nSPS) is 19.3. The highest BCUT2D eigenvalue weighted by atomic mass is 35.5. The van der Waals surface area contributed by atoms with Gasteiger partial charge in [0.05, 0.1) is 49.1 Å². The van der Waals surface area contributed by atoms with E-state index in [0.717, 1.165) is 47.4 Å². The van der Waals surface area contributed by atoms with E-state index >= 15 is 0 Å². The van der Waals surface area contributed by atoms with E-state index in [2.05, 4.69) is 57.1 Å². The van der Waals surface area contributed by atoms with E-state index in [9.17, 15) is 33.6 Å². The van der Waals surface area contributed by atoms with Gasteiger partial charge in [-0.05, 0) is 92.1 Å². The number of rotatable bonds is 10. The summed E-state index contributed by atoms with van der Waals surface area (Å²) in [6.07, 6.45) is 5.16. The molecule has 73 heavy (non-hydrogen) atoms. The fraction of sp³-hybridized carbons (Fsp3) is 0.400. The maximum atomic E-state index is 11.8. The lowest BCUT2D eigenvalue weighted by Crippen LogP contribution is -2.59. The van der Waals surface area contributed by atoms with E-state index in [1.807, 2.05) is 39.0 Å². The molecule has 2 N–H and O–H groups in total. The third-order valence-electron chi connectivity index (χ3n) is 13.0. The van der Waals surface area contributed by atoms with Crippen LogP contribution >= 0.6 is 46.4 Å². The van der Waals surface area contributed by atoms with Crippen molar-refractivity contribution >= 4 is 91.6 Å². The van der Waals surface area contributed by atoms with E-state index in [0.29, 0.717) is 92.7 Å². The van der Waals surface area contributed by atoms with Gasteiger partial charge in [0.2, 0.25) is 0 Å². The summed E-state index contributed by atoms with van der Waals surface area (Å²) in [7, 11) is 0. The summed E-state index contributed by atoms with van der Waals surface area (Å²) in [5, 5.41) is 48.0. The number of carbonyl (C=O) groups excluding carboxylic acids is 1. The van der Waals surface area contributed by atoms with Crippen molar-refractivity contribution in [2.24, 2.45) is 11.8 Å². The van der Waals surface area contributed by atoms with Crippen LogP contribution in [0.3, 0.4) is 0 Å². The van der Waals surface area contributed by atoms with Crippen molar-refractivity contribution in [1.82, 2.24) is 44.4 Å². The molecule has 3 aliphatic rings. The quantitative estimate of drug-likeness (QED) is 0.130. The van der Waals surface area contributed by atoms with Gasteiger partial charge in [0.15, 0.2) is 22.7 Å². The minimum absolute atomic E-state index is 0.0427. The highest BCUT2D eigenvalue weighted by Gasteiger charge is 2.41. The van der Waals surface area contributed by atoms with Crippen LogP contribution in [0.15, 0.2) is 60.9 Å². The number of carboxylic acids is 1. The molecule has 0 saturated carbocycles. The Kier molecular flexibility index (Phi) is 17.0. The van der Waals surface area contributed by atoms with Crippen molar-refractivity contribution in [3.05, 3.63) is 115 Å². The highest BCUT2D eigenvalue weighted by molar-refractivity contribution is 6.35. The van der Waals surface area contributed by atoms with E-state index in [4.69, 9.17) is 71.0 Å². The van der Waals surface area contributed by atoms with Crippen LogP contribution in [0.1, 0.15) is 106 Å². The van der Waals surface area contributed by atoms with Gasteiger partial charge < -0.3 is 14.9 Å². The van der Waals surface area contributed by atoms with Gasteiger partial charge in [0, 0.05) is 45.0 Å². The van der Waals surface area contributed by atoms with Crippen LogP contribution in [0.25, 0.3) is 33.5 Å². The second kappa shape index (κ2) is 22.6. The number of hydrogen-bond donors (Lipinski definition) is 2. The number of fused-ring (bicyclic) bond motifs is 2. The van der Waals surface area contributed by atoms with Crippen LogP contribution in [-0.4, -0.2) is 110 Å². The molecule has 2 aliphatic carbocycles. The number of alkyl halides is 3. The molecule has 1 fully saturated rings. The second-order valence-electron chi connectivity index (χ2n) is 18.2. The molecule has 4 aromatic heterocycles. The topological polar surface area (TPSA) is 222 Å². The Hall–Kier alpha value is -6.03. The Morgan fingerprint density at radius 3 is 1.73 bits per heavy atom. The number of aromatic nitrogens is 8. The molecular formula is C50H48Cl4F3N11O5. The zero-order valence-corrected chi connectivity index (χ0v) is 43.0. The van der Waals surface area contributed by atoms with Crippen molar-refractivity contribution in [1.29, 1.82) is 10.5 Å². The van der Waals surface area contributed by atoms with Crippen molar-refractivity contribution in [3.63, 3.8) is 0 Å². The molecule has 5 heterocycles. The number of hydrogen-bond acceptors (Lipinski definition) is 13. The largest absolute Gasteiger partial charge is 0.490 e. The molecule has 5 atom stereocenters. The molecule has 0 radical (unpaired) electrons. The summed E-state index contributed by atoms with van der Waals surface area (Å²) in [6, 6.07) is 14.6. The lowest BCUT2D eigenvalue weighted by Gasteiger charge is -2.44. The Morgan fingerprint density at radius 1 is 0.863 bits per heavy atom. The number of aliphatic carboxylic acids is 1. The molecule has 0 amide bonds. The standard InChI is InChI=1S/C27H30Cl2N6O2.C21H17Cl2N5O.C2HF3O2/c1-4-34(13-27(36)14-37-15-27)24-8-5-18(9-16(24)2)23-12-31-25-22(11-30)33-35(26(25)32-23)17(3)20-7-6-19(28)10-21(20)29;1-11-7-13(3-6-19(11)29)18-10-25-20-17(9-24)27-28(21(20)26-18)12(2)15-5-4-14(22)8-16(15)23;3-2(4,5)1(6)7/h5-7,10,12,16-17,24,36H,4,8-9,13-15H2,1-3H3;3-5,8,10-12H,6-7H2,1-2H3;(H,6,7)/t16?,17-,24?;11?,12-;/m11./s1. The summed E-state index contributed by atoms with van der Waals surface area (Å²) in [4.78, 5) is 41.9. The number of ketones is 1. The zero-order valence-electron chi connectivity index (χ0n) is 40.0. The number of benzene rings is 2. The zero-order chi connectivity index (χ0) is 53.1. The minimum Gasteiger partial charge on any atom is -0.475 e. The number of likely N-dealkylation sites (N-methyl/N-ethyl adjacent to an activating group) is 1. The predicted molar refractivity (Wildman–Crippen MR) is 269 cm³/mol. The SMILES string of the molecule is CC1CC(c2cnc3c(C#N)nn([C@H](C)c4ccc(Cl)cc4Cl)c3n2)=CCC1=O.CCN(CC1(O)COC1)C1CC=C(c2cnc3c(C#N)nn([C@H](C)c4ccc(Cl)cc4Cl)c3n2)CC1C.O=C(O)C(F)(F)F. The Morgan fingerprint density at radius 2 is 1.34 bits per heavy atom. The molecule has 6 aromatic rings. The molecule has 23 heteroatoms. The fourth-order valence-electron chi connectivity index (χ4n) is 8.97. The van der Waals surface area contributed by atoms with Crippen LogP contribution in [0.4, 0.5) is 13.2 Å².